The fourth-order valence-electron chi connectivity index (χ4n) is 3.28. The van der Waals surface area contributed by atoms with Crippen LogP contribution in [0.25, 0.3) is 0 Å². The molecule has 1 saturated carbocycles. The Morgan fingerprint density at radius 3 is 2.73 bits per heavy atom. The number of rotatable bonds is 9. The van der Waals surface area contributed by atoms with Gasteiger partial charge in [-0.3, -0.25) is 4.79 Å². The molecule has 1 aromatic rings. The van der Waals surface area contributed by atoms with E-state index in [9.17, 15) is 4.79 Å². The van der Waals surface area contributed by atoms with Crippen molar-refractivity contribution in [3.8, 4) is 0 Å². The summed E-state index contributed by atoms with van der Waals surface area (Å²) < 4.78 is 5.31. The van der Waals surface area contributed by atoms with Gasteiger partial charge >= 0.3 is 0 Å². The van der Waals surface area contributed by atoms with E-state index in [1.165, 1.54) is 30.6 Å². The zero-order valence-corrected chi connectivity index (χ0v) is 17.0. The van der Waals surface area contributed by atoms with E-state index in [2.05, 4.69) is 27.1 Å². The maximum absolute atomic E-state index is 11.9. The lowest BCUT2D eigenvalue weighted by Gasteiger charge is -2.30. The highest BCUT2D eigenvalue weighted by molar-refractivity contribution is 7.09. The number of hydrogen-bond acceptors (Lipinski definition) is 4. The van der Waals surface area contributed by atoms with Crippen molar-refractivity contribution in [3.63, 3.8) is 0 Å². The fraction of sp³-hybridized carbons (Fsp3) is 0.684. The van der Waals surface area contributed by atoms with Crippen LogP contribution in [0, 0.1) is 5.41 Å². The molecule has 6 nitrogen and oxygen atoms in total. The lowest BCUT2D eigenvalue weighted by Crippen LogP contribution is -2.43. The topological polar surface area (TPSA) is 66.0 Å². The molecule has 0 saturated heterocycles. The summed E-state index contributed by atoms with van der Waals surface area (Å²) in [4.78, 5) is 19.2. The Balaban J connectivity index is 1.97. The van der Waals surface area contributed by atoms with Crippen molar-refractivity contribution < 1.29 is 9.53 Å². The van der Waals surface area contributed by atoms with E-state index in [1.54, 1.807) is 37.4 Å². The lowest BCUT2D eigenvalue weighted by molar-refractivity contribution is -0.127. The molecule has 0 atom stereocenters. The number of nitrogens with zero attached hydrogens (tertiary/aromatic N) is 2. The van der Waals surface area contributed by atoms with Crippen LogP contribution in [0.4, 0.5) is 0 Å². The van der Waals surface area contributed by atoms with Crippen LogP contribution >= 0.6 is 11.3 Å². The van der Waals surface area contributed by atoms with Gasteiger partial charge in [-0.05, 0) is 36.1 Å². The average Bonchev–Trinajstić information content (AvgIpc) is 3.31. The van der Waals surface area contributed by atoms with Crippen molar-refractivity contribution >= 4 is 23.2 Å². The second kappa shape index (κ2) is 10.5. The molecule has 2 rings (SSSR count). The number of amides is 1. The first-order valence-corrected chi connectivity index (χ1v) is 10.2. The van der Waals surface area contributed by atoms with Crippen LogP contribution in [0.15, 0.2) is 22.5 Å². The first-order valence-electron chi connectivity index (χ1n) is 9.28. The van der Waals surface area contributed by atoms with Crippen LogP contribution in [0.3, 0.4) is 0 Å². The van der Waals surface area contributed by atoms with Gasteiger partial charge in [0.2, 0.25) is 5.91 Å². The first kappa shape index (κ1) is 20.7. The normalized spacial score (nSPS) is 16.5. The minimum Gasteiger partial charge on any atom is -0.385 e. The molecule has 0 bridgehead atoms. The SMILES string of the molecule is COCCC1(CNC(=NCC(=O)N(C)C)NCc2cccs2)CCCC1. The number of hydrogen-bond donors (Lipinski definition) is 2. The maximum atomic E-state index is 11.9. The van der Waals surface area contributed by atoms with Crippen molar-refractivity contribution in [3.05, 3.63) is 22.4 Å². The van der Waals surface area contributed by atoms with Crippen molar-refractivity contribution in [1.82, 2.24) is 15.5 Å². The van der Waals surface area contributed by atoms with Crippen molar-refractivity contribution in [2.45, 2.75) is 38.6 Å². The summed E-state index contributed by atoms with van der Waals surface area (Å²) in [5.74, 6) is 0.703. The van der Waals surface area contributed by atoms with Gasteiger partial charge in [0, 0.05) is 39.2 Å². The van der Waals surface area contributed by atoms with Crippen molar-refractivity contribution in [2.75, 3.05) is 40.9 Å². The number of thiophene rings is 1. The van der Waals surface area contributed by atoms with Gasteiger partial charge in [0.25, 0.3) is 0 Å². The molecule has 2 N–H and O–H groups in total. The zero-order chi connectivity index (χ0) is 18.8. The highest BCUT2D eigenvalue weighted by atomic mass is 32.1. The Morgan fingerprint density at radius 2 is 2.12 bits per heavy atom. The molecule has 0 unspecified atom stereocenters. The van der Waals surface area contributed by atoms with E-state index in [4.69, 9.17) is 4.74 Å². The van der Waals surface area contributed by atoms with E-state index in [1.807, 2.05) is 6.07 Å². The summed E-state index contributed by atoms with van der Waals surface area (Å²) in [7, 11) is 5.27. The van der Waals surface area contributed by atoms with Crippen LogP contribution in [0.5, 0.6) is 0 Å². The largest absolute Gasteiger partial charge is 0.385 e. The summed E-state index contributed by atoms with van der Waals surface area (Å²) in [5, 5.41) is 8.91. The van der Waals surface area contributed by atoms with Gasteiger partial charge < -0.3 is 20.3 Å². The number of ether oxygens (including phenoxy) is 1. The van der Waals surface area contributed by atoms with Gasteiger partial charge in [-0.25, -0.2) is 4.99 Å². The van der Waals surface area contributed by atoms with Crippen LogP contribution in [0.2, 0.25) is 0 Å². The quantitative estimate of drug-likeness (QED) is 0.510. The summed E-state index contributed by atoms with van der Waals surface area (Å²) in [6, 6.07) is 4.14. The molecule has 1 aromatic heterocycles. The number of carbonyl (C=O) groups is 1. The predicted octanol–water partition coefficient (Wildman–Crippen LogP) is 2.47. The predicted molar refractivity (Wildman–Crippen MR) is 108 cm³/mol. The van der Waals surface area contributed by atoms with E-state index in [0.29, 0.717) is 12.5 Å². The lowest BCUT2D eigenvalue weighted by atomic mass is 9.83. The molecule has 26 heavy (non-hydrogen) atoms. The molecule has 0 radical (unpaired) electrons. The number of carbonyl (C=O) groups excluding carboxylic acids is 1. The van der Waals surface area contributed by atoms with Gasteiger partial charge in [0.1, 0.15) is 6.54 Å². The maximum Gasteiger partial charge on any atom is 0.243 e. The van der Waals surface area contributed by atoms with Crippen molar-refractivity contribution in [1.29, 1.82) is 0 Å². The molecule has 1 fully saturated rings. The standard InChI is InChI=1S/C19H32N4O2S/c1-23(2)17(24)14-21-18(20-13-16-7-6-12-26-16)22-15-19(10-11-25-3)8-4-5-9-19/h6-7,12H,4-5,8-11,13-15H2,1-3H3,(H2,20,21,22). The molecule has 0 spiro atoms. The number of methoxy groups -OCH3 is 1. The molecule has 1 amide bonds. The Bertz CT molecular complexity index is 566. The first-order chi connectivity index (χ1) is 12.5. The summed E-state index contributed by atoms with van der Waals surface area (Å²) in [6.45, 7) is 2.52. The Hall–Kier alpha value is -1.60. The van der Waals surface area contributed by atoms with Gasteiger partial charge in [-0.15, -0.1) is 11.3 Å². The minimum atomic E-state index is -0.00261. The third-order valence-electron chi connectivity index (χ3n) is 5.01. The van der Waals surface area contributed by atoms with Crippen LogP contribution in [0.1, 0.15) is 37.0 Å². The third-order valence-corrected chi connectivity index (χ3v) is 5.89. The van der Waals surface area contributed by atoms with Gasteiger partial charge in [0.05, 0.1) is 6.54 Å². The smallest absolute Gasteiger partial charge is 0.243 e. The molecule has 1 aliphatic carbocycles. The molecule has 0 aliphatic heterocycles. The minimum absolute atomic E-state index is 0.00261. The van der Waals surface area contributed by atoms with Gasteiger partial charge in [0.15, 0.2) is 5.96 Å². The van der Waals surface area contributed by atoms with Crippen LogP contribution in [-0.4, -0.2) is 57.7 Å². The van der Waals surface area contributed by atoms with E-state index in [-0.39, 0.29) is 17.9 Å². The molecule has 0 aromatic carbocycles. The Kier molecular flexibility index (Phi) is 8.38. The summed E-state index contributed by atoms with van der Waals surface area (Å²) >= 11 is 1.71. The molecule has 7 heteroatoms. The second-order valence-corrected chi connectivity index (χ2v) is 8.22. The summed E-state index contributed by atoms with van der Waals surface area (Å²) in [5.41, 5.74) is 0.271. The number of aliphatic imine (C=N–C) groups is 1. The molecule has 1 heterocycles. The highest BCUT2D eigenvalue weighted by Crippen LogP contribution is 2.40. The average molecular weight is 381 g/mol. The van der Waals surface area contributed by atoms with E-state index < -0.39 is 0 Å². The third kappa shape index (κ3) is 6.61. The van der Waals surface area contributed by atoms with E-state index in [0.717, 1.165) is 19.6 Å². The van der Waals surface area contributed by atoms with Crippen LogP contribution in [-0.2, 0) is 16.1 Å². The Morgan fingerprint density at radius 1 is 1.35 bits per heavy atom. The van der Waals surface area contributed by atoms with Crippen molar-refractivity contribution in [2.24, 2.45) is 10.4 Å². The number of guanidine groups is 1. The highest BCUT2D eigenvalue weighted by Gasteiger charge is 2.33. The Labute approximate surface area is 161 Å². The van der Waals surface area contributed by atoms with E-state index >= 15 is 0 Å². The molecular formula is C19H32N4O2S. The zero-order valence-electron chi connectivity index (χ0n) is 16.2. The van der Waals surface area contributed by atoms with Crippen LogP contribution < -0.4 is 10.6 Å². The van der Waals surface area contributed by atoms with Gasteiger partial charge in [-0.1, -0.05) is 18.9 Å². The molecule has 146 valence electrons. The molecular weight excluding hydrogens is 348 g/mol. The number of nitrogens with one attached hydrogen (secondary N) is 2. The monoisotopic (exact) mass is 380 g/mol. The molecule has 1 aliphatic rings. The fourth-order valence-corrected chi connectivity index (χ4v) is 3.92. The van der Waals surface area contributed by atoms with Gasteiger partial charge in [-0.2, -0.15) is 0 Å². The summed E-state index contributed by atoms with van der Waals surface area (Å²) in [6.07, 6.45) is 6.06. The second-order valence-electron chi connectivity index (χ2n) is 7.19. The number of likely N-dealkylation sites (N-methyl/N-ethyl adjacent to an activating group) is 1.